The van der Waals surface area contributed by atoms with Gasteiger partial charge in [0.05, 0.1) is 46.4 Å². The molecule has 9 nitrogen and oxygen atoms in total. The number of nitrogens with zero attached hydrogens (tertiary/aromatic N) is 4. The molecule has 0 unspecified atom stereocenters. The first kappa shape index (κ1) is 27.8. The van der Waals surface area contributed by atoms with E-state index in [-0.39, 0.29) is 48.6 Å². The molecular weight excluding hydrogens is 629 g/mol. The average Bonchev–Trinajstić information content (AvgIpc) is 3.76. The highest BCUT2D eigenvalue weighted by molar-refractivity contribution is 9.10. The van der Waals surface area contributed by atoms with E-state index in [0.29, 0.717) is 32.2 Å². The number of ether oxygens (including phenoxy) is 1. The maximum absolute atomic E-state index is 14.7. The van der Waals surface area contributed by atoms with Gasteiger partial charge >= 0.3 is 5.69 Å². The van der Waals surface area contributed by atoms with Gasteiger partial charge in [0.15, 0.2) is 0 Å². The van der Waals surface area contributed by atoms with Crippen LogP contribution >= 0.6 is 27.5 Å². The molecule has 1 N–H and O–H groups in total. The van der Waals surface area contributed by atoms with E-state index in [1.807, 2.05) is 6.07 Å². The van der Waals surface area contributed by atoms with Gasteiger partial charge in [0.1, 0.15) is 17.3 Å². The first-order valence-corrected chi connectivity index (χ1v) is 14.3. The summed E-state index contributed by atoms with van der Waals surface area (Å²) in [6, 6.07) is 17.2. The van der Waals surface area contributed by atoms with Crippen LogP contribution in [0.2, 0.25) is 5.02 Å². The largest absolute Gasteiger partial charge is 0.490 e. The van der Waals surface area contributed by atoms with Gasteiger partial charge in [-0.15, -0.1) is 0 Å². The molecule has 42 heavy (non-hydrogen) atoms. The van der Waals surface area contributed by atoms with E-state index in [1.165, 1.54) is 26.2 Å². The summed E-state index contributed by atoms with van der Waals surface area (Å²) >= 11 is 9.53. The van der Waals surface area contributed by atoms with Gasteiger partial charge in [-0.25, -0.2) is 9.18 Å². The molecule has 1 aliphatic heterocycles. The zero-order valence-electron chi connectivity index (χ0n) is 21.9. The summed E-state index contributed by atoms with van der Waals surface area (Å²) in [6.45, 7) is 0.324. The molecule has 1 fully saturated rings. The third-order valence-electron chi connectivity index (χ3n) is 7.12. The van der Waals surface area contributed by atoms with E-state index in [4.69, 9.17) is 21.6 Å². The van der Waals surface area contributed by atoms with Crippen molar-refractivity contribution in [3.8, 4) is 17.5 Å². The van der Waals surface area contributed by atoms with Gasteiger partial charge in [0, 0.05) is 23.1 Å². The molecule has 0 bridgehead atoms. The van der Waals surface area contributed by atoms with Crippen molar-refractivity contribution in [1.29, 1.82) is 5.26 Å². The lowest BCUT2D eigenvalue weighted by atomic mass is 10.1. The summed E-state index contributed by atoms with van der Waals surface area (Å²) in [5.41, 5.74) is 0.505. The maximum Gasteiger partial charge on any atom is 0.333 e. The van der Waals surface area contributed by atoms with Crippen LogP contribution in [-0.4, -0.2) is 38.5 Å². The minimum Gasteiger partial charge on any atom is -0.490 e. The number of amides is 2. The number of rotatable bonds is 6. The molecule has 0 atom stereocenters. The van der Waals surface area contributed by atoms with Crippen LogP contribution in [0.25, 0.3) is 5.69 Å². The molecule has 2 heterocycles. The normalized spacial score (nSPS) is 14.2. The molecule has 0 radical (unpaired) electrons. The quantitative estimate of drug-likeness (QED) is 0.296. The molecule has 12 heteroatoms. The molecule has 3 aromatic carbocycles. The fraction of sp³-hybridized carbons (Fsp3) is 0.200. The Labute approximate surface area is 252 Å². The number of benzene rings is 3. The van der Waals surface area contributed by atoms with Gasteiger partial charge in [0.2, 0.25) is 0 Å². The van der Waals surface area contributed by atoms with Crippen LogP contribution in [0.15, 0.2) is 69.9 Å². The average molecular weight is 651 g/mol. The first-order chi connectivity index (χ1) is 20.2. The summed E-state index contributed by atoms with van der Waals surface area (Å²) in [6.07, 6.45) is 2.17. The molecule has 2 aliphatic rings. The van der Waals surface area contributed by atoms with Crippen molar-refractivity contribution < 1.29 is 18.7 Å². The smallest absolute Gasteiger partial charge is 0.333 e. The van der Waals surface area contributed by atoms with Gasteiger partial charge in [0.25, 0.3) is 11.8 Å². The lowest BCUT2D eigenvalue weighted by molar-refractivity contribution is 0.0707. The van der Waals surface area contributed by atoms with Crippen LogP contribution in [0.3, 0.4) is 0 Å². The lowest BCUT2D eigenvalue weighted by Crippen LogP contribution is -2.41. The van der Waals surface area contributed by atoms with Crippen molar-refractivity contribution >= 4 is 45.0 Å². The Morgan fingerprint density at radius 3 is 2.50 bits per heavy atom. The number of nitrogens with one attached hydrogen (secondary N) is 1. The fourth-order valence-corrected chi connectivity index (χ4v) is 5.26. The monoisotopic (exact) mass is 649 g/mol. The van der Waals surface area contributed by atoms with Gasteiger partial charge in [-0.2, -0.15) is 5.26 Å². The van der Waals surface area contributed by atoms with Gasteiger partial charge < -0.3 is 15.0 Å². The molecular formula is C30H22BrClFN5O4. The summed E-state index contributed by atoms with van der Waals surface area (Å²) in [4.78, 5) is 42.4. The number of imidazole rings is 1. The van der Waals surface area contributed by atoms with Gasteiger partial charge in [-0.3, -0.25) is 18.7 Å². The molecule has 6 rings (SSSR count). The molecule has 2 amide bonds. The minimum absolute atomic E-state index is 0.0361. The SMILES string of the molecule is N#Cc1ccc(NC(=O)c2c3n(c(=O)n2-c2ccc(OC4CC4)cc2)CCN(C(=O)c2ccc(Br)c(Cl)c2)C3)c(F)c1. The summed E-state index contributed by atoms with van der Waals surface area (Å²) < 4.78 is 23.9. The molecule has 0 saturated heterocycles. The first-order valence-electron chi connectivity index (χ1n) is 13.1. The zero-order chi connectivity index (χ0) is 29.5. The number of fused-ring (bicyclic) bond motifs is 1. The van der Waals surface area contributed by atoms with E-state index in [1.54, 1.807) is 42.5 Å². The van der Waals surface area contributed by atoms with Crippen LogP contribution in [0.4, 0.5) is 10.1 Å². The van der Waals surface area contributed by atoms with Gasteiger partial charge in [-0.05, 0) is 89.4 Å². The van der Waals surface area contributed by atoms with Crippen molar-refractivity contribution in [1.82, 2.24) is 14.0 Å². The Bertz CT molecular complexity index is 1840. The predicted molar refractivity (Wildman–Crippen MR) is 157 cm³/mol. The predicted octanol–water partition coefficient (Wildman–Crippen LogP) is 5.52. The number of carbonyl (C=O) groups excluding carboxylic acids is 2. The molecule has 4 aromatic rings. The van der Waals surface area contributed by atoms with E-state index in [2.05, 4.69) is 21.2 Å². The zero-order valence-corrected chi connectivity index (χ0v) is 24.3. The van der Waals surface area contributed by atoms with Crippen LogP contribution in [0, 0.1) is 17.1 Å². The van der Waals surface area contributed by atoms with Crippen LogP contribution < -0.4 is 15.7 Å². The number of aromatic nitrogens is 2. The van der Waals surface area contributed by atoms with E-state index in [0.717, 1.165) is 18.9 Å². The van der Waals surface area contributed by atoms with Crippen LogP contribution in [0.1, 0.15) is 44.9 Å². The molecule has 1 saturated carbocycles. The number of nitriles is 1. The van der Waals surface area contributed by atoms with Crippen molar-refractivity contribution in [3.05, 3.63) is 109 Å². The summed E-state index contributed by atoms with van der Waals surface area (Å²) in [5.74, 6) is -1.21. The second kappa shape index (κ2) is 11.1. The highest BCUT2D eigenvalue weighted by atomic mass is 79.9. The van der Waals surface area contributed by atoms with Crippen molar-refractivity contribution in [2.24, 2.45) is 0 Å². The highest BCUT2D eigenvalue weighted by Gasteiger charge is 2.33. The summed E-state index contributed by atoms with van der Waals surface area (Å²) in [7, 11) is 0. The Hall–Kier alpha value is -4.40. The Balaban J connectivity index is 1.40. The van der Waals surface area contributed by atoms with E-state index >= 15 is 0 Å². The molecule has 1 aliphatic carbocycles. The van der Waals surface area contributed by atoms with E-state index in [9.17, 15) is 18.8 Å². The van der Waals surface area contributed by atoms with Crippen molar-refractivity contribution in [2.75, 3.05) is 11.9 Å². The fourth-order valence-electron chi connectivity index (χ4n) is 4.84. The number of hydrogen-bond acceptors (Lipinski definition) is 5. The lowest BCUT2D eigenvalue weighted by Gasteiger charge is -2.28. The van der Waals surface area contributed by atoms with Crippen molar-refractivity contribution in [3.63, 3.8) is 0 Å². The second-order valence-electron chi connectivity index (χ2n) is 9.99. The minimum atomic E-state index is -0.796. The number of hydrogen-bond donors (Lipinski definition) is 1. The van der Waals surface area contributed by atoms with Crippen LogP contribution in [0.5, 0.6) is 5.75 Å². The van der Waals surface area contributed by atoms with Crippen LogP contribution in [-0.2, 0) is 13.1 Å². The Morgan fingerprint density at radius 2 is 1.83 bits per heavy atom. The van der Waals surface area contributed by atoms with E-state index < -0.39 is 17.4 Å². The van der Waals surface area contributed by atoms with Crippen molar-refractivity contribution in [2.45, 2.75) is 32.0 Å². The third-order valence-corrected chi connectivity index (χ3v) is 8.35. The highest BCUT2D eigenvalue weighted by Crippen LogP contribution is 2.29. The van der Waals surface area contributed by atoms with Gasteiger partial charge in [-0.1, -0.05) is 11.6 Å². The molecule has 212 valence electrons. The number of halogens is 3. The number of anilines is 1. The number of carbonyl (C=O) groups is 2. The maximum atomic E-state index is 14.7. The Kier molecular flexibility index (Phi) is 7.35. The molecule has 1 aromatic heterocycles. The Morgan fingerprint density at radius 1 is 1.07 bits per heavy atom. The third kappa shape index (κ3) is 5.31. The summed E-state index contributed by atoms with van der Waals surface area (Å²) in [5, 5.41) is 12.0. The topological polar surface area (TPSA) is 109 Å². The standard InChI is InChI=1S/C30H22BrClFN5O4/c31-22-9-2-18(14-23(22)32)29(40)36-11-12-37-26(16-36)27(28(39)35-25-10-1-17(15-34)13-24(25)33)38(30(37)41)19-3-5-20(6-4-19)42-21-7-8-21/h1-6,9-10,13-14,21H,7-8,11-12,16H2,(H,35,39). The second-order valence-corrected chi connectivity index (χ2v) is 11.3. The molecule has 0 spiro atoms.